The van der Waals surface area contributed by atoms with E-state index >= 15 is 0 Å². The van der Waals surface area contributed by atoms with Gasteiger partial charge in [-0.05, 0) is 25.3 Å². The van der Waals surface area contributed by atoms with Gasteiger partial charge < -0.3 is 10.6 Å². The zero-order valence-electron chi connectivity index (χ0n) is 11.1. The van der Waals surface area contributed by atoms with Gasteiger partial charge >= 0.3 is 0 Å². The van der Waals surface area contributed by atoms with Gasteiger partial charge in [0.25, 0.3) is 0 Å². The second kappa shape index (κ2) is 7.75. The summed E-state index contributed by atoms with van der Waals surface area (Å²) in [7, 11) is 2.17. The highest BCUT2D eigenvalue weighted by Gasteiger charge is 2.15. The van der Waals surface area contributed by atoms with Crippen LogP contribution in [0.2, 0.25) is 0 Å². The van der Waals surface area contributed by atoms with Gasteiger partial charge in [0, 0.05) is 24.4 Å². The Morgan fingerprint density at radius 3 is 2.47 bits per heavy atom. The van der Waals surface area contributed by atoms with Crippen molar-refractivity contribution < 1.29 is 0 Å². The molecule has 0 aromatic heterocycles. The first-order valence-electron chi connectivity index (χ1n) is 6.18. The molecule has 3 heteroatoms. The molecule has 2 N–H and O–H groups in total. The van der Waals surface area contributed by atoms with Crippen molar-refractivity contribution in [1.82, 2.24) is 4.90 Å². The highest BCUT2D eigenvalue weighted by atomic mass is 32.2. The van der Waals surface area contributed by atoms with Gasteiger partial charge in [-0.3, -0.25) is 0 Å². The predicted octanol–water partition coefficient (Wildman–Crippen LogP) is 2.76. The number of benzene rings is 1. The number of nitrogens with zero attached hydrogens (tertiary/aromatic N) is 1. The minimum atomic E-state index is 0.108. The summed E-state index contributed by atoms with van der Waals surface area (Å²) in [5, 5.41) is 0. The molecule has 1 rings (SSSR count). The van der Waals surface area contributed by atoms with Gasteiger partial charge in [0.1, 0.15) is 0 Å². The number of hydrogen-bond donors (Lipinski definition) is 1. The van der Waals surface area contributed by atoms with Gasteiger partial charge in [0.2, 0.25) is 0 Å². The lowest BCUT2D eigenvalue weighted by atomic mass is 10.1. The fourth-order valence-electron chi connectivity index (χ4n) is 2.01. The molecule has 0 spiro atoms. The fraction of sp³-hybridized carbons (Fsp3) is 0.571. The van der Waals surface area contributed by atoms with Gasteiger partial charge in [-0.25, -0.2) is 0 Å². The summed E-state index contributed by atoms with van der Waals surface area (Å²) in [5.41, 5.74) is 7.46. The van der Waals surface area contributed by atoms with Gasteiger partial charge in [0.15, 0.2) is 0 Å². The van der Waals surface area contributed by atoms with Crippen LogP contribution < -0.4 is 5.73 Å². The average Bonchev–Trinajstić information content (AvgIpc) is 2.36. The van der Waals surface area contributed by atoms with E-state index in [-0.39, 0.29) is 6.04 Å². The molecule has 0 heterocycles. The molecule has 0 bridgehead atoms. The van der Waals surface area contributed by atoms with E-state index < -0.39 is 0 Å². The van der Waals surface area contributed by atoms with Crippen molar-refractivity contribution in [2.24, 2.45) is 5.73 Å². The highest BCUT2D eigenvalue weighted by molar-refractivity contribution is 7.98. The molecule has 0 aliphatic carbocycles. The number of nitrogens with two attached hydrogens (primary N) is 1. The van der Waals surface area contributed by atoms with Crippen LogP contribution in [0.4, 0.5) is 0 Å². The SMILES string of the molecule is CCC(CSC)N(C)C[C@H](N)c1ccccc1. The molecule has 1 aromatic carbocycles. The van der Waals surface area contributed by atoms with Crippen molar-refractivity contribution in [3.63, 3.8) is 0 Å². The zero-order chi connectivity index (χ0) is 12.7. The first kappa shape index (κ1) is 14.6. The molecule has 0 saturated heterocycles. The molecule has 96 valence electrons. The maximum Gasteiger partial charge on any atom is 0.0424 e. The summed E-state index contributed by atoms with van der Waals surface area (Å²) in [4.78, 5) is 2.38. The van der Waals surface area contributed by atoms with E-state index in [0.29, 0.717) is 6.04 Å². The van der Waals surface area contributed by atoms with Crippen LogP contribution in [0.15, 0.2) is 30.3 Å². The van der Waals surface area contributed by atoms with Crippen molar-refractivity contribution in [2.75, 3.05) is 25.6 Å². The van der Waals surface area contributed by atoms with Crippen molar-refractivity contribution in [3.05, 3.63) is 35.9 Å². The van der Waals surface area contributed by atoms with Crippen molar-refractivity contribution in [1.29, 1.82) is 0 Å². The van der Waals surface area contributed by atoms with Gasteiger partial charge in [-0.2, -0.15) is 11.8 Å². The third-order valence-electron chi connectivity index (χ3n) is 3.17. The molecule has 17 heavy (non-hydrogen) atoms. The highest BCUT2D eigenvalue weighted by Crippen LogP contribution is 2.14. The molecule has 0 radical (unpaired) electrons. The average molecular weight is 252 g/mol. The van der Waals surface area contributed by atoms with Gasteiger partial charge in [-0.15, -0.1) is 0 Å². The predicted molar refractivity (Wildman–Crippen MR) is 78.5 cm³/mol. The monoisotopic (exact) mass is 252 g/mol. The molecular formula is C14H24N2S. The van der Waals surface area contributed by atoms with Crippen molar-refractivity contribution in [3.8, 4) is 0 Å². The largest absolute Gasteiger partial charge is 0.323 e. The van der Waals surface area contributed by atoms with E-state index in [4.69, 9.17) is 5.73 Å². The van der Waals surface area contributed by atoms with Crippen LogP contribution in [0.5, 0.6) is 0 Å². The molecule has 0 amide bonds. The number of likely N-dealkylation sites (N-methyl/N-ethyl adjacent to an activating group) is 1. The number of rotatable bonds is 7. The van der Waals surface area contributed by atoms with Crippen LogP contribution in [0, 0.1) is 0 Å². The van der Waals surface area contributed by atoms with E-state index in [1.165, 1.54) is 17.7 Å². The second-order valence-corrected chi connectivity index (χ2v) is 5.38. The first-order valence-corrected chi connectivity index (χ1v) is 7.58. The molecule has 1 aromatic rings. The van der Waals surface area contributed by atoms with E-state index in [9.17, 15) is 0 Å². The Morgan fingerprint density at radius 1 is 1.29 bits per heavy atom. The molecule has 0 aliphatic rings. The summed E-state index contributed by atoms with van der Waals surface area (Å²) < 4.78 is 0. The number of hydrogen-bond acceptors (Lipinski definition) is 3. The summed E-state index contributed by atoms with van der Waals surface area (Å²) in [5.74, 6) is 1.18. The fourth-order valence-corrected chi connectivity index (χ4v) is 2.89. The van der Waals surface area contributed by atoms with Gasteiger partial charge in [-0.1, -0.05) is 37.3 Å². The van der Waals surface area contributed by atoms with E-state index in [2.05, 4.69) is 37.3 Å². The lowest BCUT2D eigenvalue weighted by Gasteiger charge is -2.29. The molecule has 1 unspecified atom stereocenters. The lowest BCUT2D eigenvalue weighted by molar-refractivity contribution is 0.241. The zero-order valence-corrected chi connectivity index (χ0v) is 11.9. The molecule has 2 atom stereocenters. The van der Waals surface area contributed by atoms with Crippen LogP contribution >= 0.6 is 11.8 Å². The summed E-state index contributed by atoms with van der Waals surface area (Å²) in [6.45, 7) is 3.16. The Morgan fingerprint density at radius 2 is 1.94 bits per heavy atom. The third kappa shape index (κ3) is 4.70. The summed E-state index contributed by atoms with van der Waals surface area (Å²) in [6.07, 6.45) is 3.34. The normalized spacial score (nSPS) is 14.9. The van der Waals surface area contributed by atoms with Crippen LogP contribution in [0.3, 0.4) is 0 Å². The summed E-state index contributed by atoms with van der Waals surface area (Å²) in [6, 6.07) is 11.1. The standard InChI is InChI=1S/C14H24N2S/c1-4-13(11-17-3)16(2)10-14(15)12-8-6-5-7-9-12/h5-9,13-14H,4,10-11,15H2,1-3H3/t13?,14-/m0/s1. The molecule has 0 aliphatic heterocycles. The Labute approximate surface area is 110 Å². The molecular weight excluding hydrogens is 228 g/mol. The van der Waals surface area contributed by atoms with Crippen LogP contribution in [0.25, 0.3) is 0 Å². The first-order chi connectivity index (χ1) is 8.19. The molecule has 0 saturated carbocycles. The maximum absolute atomic E-state index is 6.24. The van der Waals surface area contributed by atoms with E-state index in [1.54, 1.807) is 0 Å². The minimum absolute atomic E-state index is 0.108. The Kier molecular flexibility index (Phi) is 6.63. The van der Waals surface area contributed by atoms with Crippen LogP contribution in [-0.4, -0.2) is 36.5 Å². The van der Waals surface area contributed by atoms with Crippen LogP contribution in [-0.2, 0) is 0 Å². The smallest absolute Gasteiger partial charge is 0.0424 e. The topological polar surface area (TPSA) is 29.3 Å². The van der Waals surface area contributed by atoms with Crippen molar-refractivity contribution in [2.45, 2.75) is 25.4 Å². The lowest BCUT2D eigenvalue weighted by Crippen LogP contribution is -2.38. The quantitative estimate of drug-likeness (QED) is 0.809. The van der Waals surface area contributed by atoms with Crippen LogP contribution in [0.1, 0.15) is 24.9 Å². The van der Waals surface area contributed by atoms with E-state index in [1.807, 2.05) is 30.0 Å². The minimum Gasteiger partial charge on any atom is -0.323 e. The van der Waals surface area contributed by atoms with Gasteiger partial charge in [0.05, 0.1) is 0 Å². The van der Waals surface area contributed by atoms with E-state index in [0.717, 1.165) is 6.54 Å². The van der Waals surface area contributed by atoms with Crippen molar-refractivity contribution >= 4 is 11.8 Å². The Hall–Kier alpha value is -0.510. The summed E-state index contributed by atoms with van der Waals surface area (Å²) >= 11 is 1.90. The Balaban J connectivity index is 2.53. The molecule has 2 nitrogen and oxygen atoms in total. The molecule has 0 fully saturated rings. The Bertz CT molecular complexity index is 302. The maximum atomic E-state index is 6.24. The second-order valence-electron chi connectivity index (χ2n) is 4.47. The number of thioether (sulfide) groups is 1. The third-order valence-corrected chi connectivity index (χ3v) is 3.88.